The molecule has 0 saturated heterocycles. The second-order valence-electron chi connectivity index (χ2n) is 8.57. The molecule has 0 aliphatic heterocycles. The highest BCUT2D eigenvalue weighted by Gasteiger charge is 2.34. The van der Waals surface area contributed by atoms with Gasteiger partial charge in [-0.25, -0.2) is 14.7 Å². The molecule has 174 valence electrons. The van der Waals surface area contributed by atoms with Crippen molar-refractivity contribution in [2.24, 2.45) is 11.8 Å². The van der Waals surface area contributed by atoms with Crippen molar-refractivity contribution >= 4 is 18.0 Å². The molecule has 1 unspecified atom stereocenters. The van der Waals surface area contributed by atoms with E-state index in [2.05, 4.69) is 29.6 Å². The van der Waals surface area contributed by atoms with E-state index in [1.165, 1.54) is 18.2 Å². The lowest BCUT2D eigenvalue weighted by atomic mass is 9.98. The summed E-state index contributed by atoms with van der Waals surface area (Å²) in [6, 6.07) is 16.3. The molecule has 2 aliphatic carbocycles. The van der Waals surface area contributed by atoms with Crippen LogP contribution in [0.5, 0.6) is 0 Å². The van der Waals surface area contributed by atoms with Gasteiger partial charge in [0.05, 0.1) is 0 Å². The van der Waals surface area contributed by atoms with Crippen molar-refractivity contribution in [2.75, 3.05) is 26.8 Å². The van der Waals surface area contributed by atoms with Gasteiger partial charge in [0.1, 0.15) is 6.61 Å². The minimum absolute atomic E-state index is 0.0102. The maximum absolute atomic E-state index is 12.4. The van der Waals surface area contributed by atoms with E-state index >= 15 is 0 Å². The van der Waals surface area contributed by atoms with Crippen LogP contribution in [0.25, 0.3) is 11.1 Å². The number of hydrogen-bond acceptors (Lipinski definition) is 5. The van der Waals surface area contributed by atoms with Gasteiger partial charge in [-0.15, -0.1) is 0 Å². The number of carbonyl (C=O) groups is 3. The number of carbonyl (C=O) groups excluding carboxylic acids is 2. The van der Waals surface area contributed by atoms with Gasteiger partial charge < -0.3 is 15.2 Å². The molecule has 0 aromatic heterocycles. The average molecular weight is 453 g/mol. The molecule has 0 heterocycles. The predicted octanol–water partition coefficient (Wildman–Crippen LogP) is 3.42. The summed E-state index contributed by atoms with van der Waals surface area (Å²) in [5, 5.41) is 12.4. The number of aliphatic carboxylic acids is 1. The summed E-state index contributed by atoms with van der Waals surface area (Å²) in [4.78, 5) is 40.3. The Balaban J connectivity index is 1.29. The summed E-state index contributed by atoms with van der Waals surface area (Å²) >= 11 is 0. The third-order valence-electron chi connectivity index (χ3n) is 6.31. The first-order valence-corrected chi connectivity index (χ1v) is 11.1. The minimum Gasteiger partial charge on any atom is -0.479 e. The van der Waals surface area contributed by atoms with Crippen molar-refractivity contribution in [3.8, 4) is 11.1 Å². The van der Waals surface area contributed by atoms with Crippen LogP contribution in [0.4, 0.5) is 4.79 Å². The predicted molar refractivity (Wildman–Crippen MR) is 120 cm³/mol. The number of carboxylic acid groups (broad SMARTS) is 1. The third-order valence-corrected chi connectivity index (χ3v) is 6.31. The van der Waals surface area contributed by atoms with Crippen LogP contribution in [-0.2, 0) is 19.2 Å². The second-order valence-corrected chi connectivity index (χ2v) is 8.57. The fourth-order valence-electron chi connectivity index (χ4n) is 4.41. The molecule has 0 radical (unpaired) electrons. The summed E-state index contributed by atoms with van der Waals surface area (Å²) in [5.74, 6) is -1.17. The van der Waals surface area contributed by atoms with E-state index in [-0.39, 0.29) is 30.8 Å². The summed E-state index contributed by atoms with van der Waals surface area (Å²) in [6.45, 7) is -0.0210. The Hall–Kier alpha value is -3.39. The van der Waals surface area contributed by atoms with Crippen molar-refractivity contribution in [1.29, 1.82) is 0 Å². The molecule has 0 spiro atoms. The highest BCUT2D eigenvalue weighted by atomic mass is 16.7. The van der Waals surface area contributed by atoms with Crippen LogP contribution in [-0.4, -0.2) is 54.9 Å². The fourth-order valence-corrected chi connectivity index (χ4v) is 4.41. The van der Waals surface area contributed by atoms with Gasteiger partial charge in [0.25, 0.3) is 0 Å². The Kier molecular flexibility index (Phi) is 6.93. The first-order chi connectivity index (χ1) is 15.9. The molecule has 2 amide bonds. The van der Waals surface area contributed by atoms with E-state index in [9.17, 15) is 14.4 Å². The van der Waals surface area contributed by atoms with Gasteiger partial charge in [0.2, 0.25) is 5.91 Å². The molecule has 1 atom stereocenters. The van der Waals surface area contributed by atoms with E-state index < -0.39 is 18.7 Å². The zero-order chi connectivity index (χ0) is 23.4. The zero-order valence-electron chi connectivity index (χ0n) is 18.5. The van der Waals surface area contributed by atoms with Crippen LogP contribution in [0.3, 0.4) is 0 Å². The van der Waals surface area contributed by atoms with Gasteiger partial charge >= 0.3 is 12.1 Å². The summed E-state index contributed by atoms with van der Waals surface area (Å²) in [7, 11) is 1.40. The third kappa shape index (κ3) is 5.51. The maximum atomic E-state index is 12.4. The van der Waals surface area contributed by atoms with Gasteiger partial charge in [-0.3, -0.25) is 9.63 Å². The summed E-state index contributed by atoms with van der Waals surface area (Å²) in [6.07, 6.45) is 1.67. The number of hydrogen-bond donors (Lipinski definition) is 2. The quantitative estimate of drug-likeness (QED) is 0.535. The molecule has 8 nitrogen and oxygen atoms in total. The van der Waals surface area contributed by atoms with E-state index in [1.807, 2.05) is 24.3 Å². The molecule has 8 heteroatoms. The van der Waals surface area contributed by atoms with E-state index in [4.69, 9.17) is 14.7 Å². The first kappa shape index (κ1) is 22.8. The first-order valence-electron chi connectivity index (χ1n) is 11.1. The lowest BCUT2D eigenvalue weighted by Gasteiger charge is -2.21. The number of nitrogens with zero attached hydrogens (tertiary/aromatic N) is 1. The monoisotopic (exact) mass is 452 g/mol. The highest BCUT2D eigenvalue weighted by molar-refractivity contribution is 5.79. The molecule has 2 N–H and O–H groups in total. The van der Waals surface area contributed by atoms with Gasteiger partial charge in [0.15, 0.2) is 6.61 Å². The van der Waals surface area contributed by atoms with Crippen LogP contribution >= 0.6 is 0 Å². The molecule has 2 aromatic rings. The number of amides is 2. The van der Waals surface area contributed by atoms with Crippen LogP contribution in [0.15, 0.2) is 48.5 Å². The Labute approximate surface area is 192 Å². The second kappa shape index (κ2) is 10.0. The molecular weight excluding hydrogens is 424 g/mol. The van der Waals surface area contributed by atoms with Crippen molar-refractivity contribution in [3.63, 3.8) is 0 Å². The number of nitrogens with one attached hydrogen (secondary N) is 1. The molecule has 1 saturated carbocycles. The average Bonchev–Trinajstić information content (AvgIpc) is 3.61. The molecule has 0 bridgehead atoms. The lowest BCUT2D eigenvalue weighted by Crippen LogP contribution is -2.36. The van der Waals surface area contributed by atoms with E-state index in [0.29, 0.717) is 12.5 Å². The Morgan fingerprint density at radius 2 is 1.67 bits per heavy atom. The molecular formula is C25H28N2O6. The molecule has 2 aromatic carbocycles. The van der Waals surface area contributed by atoms with Gasteiger partial charge in [0, 0.05) is 25.9 Å². The molecule has 1 fully saturated rings. The topological polar surface area (TPSA) is 105 Å². The fraction of sp³-hybridized carbons (Fsp3) is 0.400. The standard InChI is InChI=1S/C25H28N2O6/c1-27(33-15-24(29)30)23(28)12-17(16-10-11-16)13-26-25(31)32-14-22-20-8-4-2-6-18(20)19-7-3-5-9-21(19)22/h2-9,16-17,22H,10-15H2,1H3,(H,26,31)(H,29,30). The normalized spacial score (nSPS) is 15.3. The van der Waals surface area contributed by atoms with Crippen LogP contribution in [0.1, 0.15) is 36.3 Å². The number of benzene rings is 2. The van der Waals surface area contributed by atoms with Crippen molar-refractivity contribution in [1.82, 2.24) is 10.4 Å². The number of fused-ring (bicyclic) bond motifs is 3. The van der Waals surface area contributed by atoms with Gasteiger partial charge in [-0.05, 0) is 46.9 Å². The maximum Gasteiger partial charge on any atom is 0.407 e. The van der Waals surface area contributed by atoms with Gasteiger partial charge in [-0.1, -0.05) is 48.5 Å². The number of alkyl carbamates (subject to hydrolysis) is 1. The number of carboxylic acids is 1. The van der Waals surface area contributed by atoms with Crippen LogP contribution in [0, 0.1) is 11.8 Å². The Morgan fingerprint density at radius 1 is 1.06 bits per heavy atom. The van der Waals surface area contributed by atoms with Crippen molar-refractivity contribution in [3.05, 3.63) is 59.7 Å². The Morgan fingerprint density at radius 3 is 2.24 bits per heavy atom. The van der Waals surface area contributed by atoms with Crippen LogP contribution in [0.2, 0.25) is 0 Å². The smallest absolute Gasteiger partial charge is 0.407 e. The number of ether oxygens (including phenoxy) is 1. The lowest BCUT2D eigenvalue weighted by molar-refractivity contribution is -0.186. The zero-order valence-corrected chi connectivity index (χ0v) is 18.5. The largest absolute Gasteiger partial charge is 0.479 e. The highest BCUT2D eigenvalue weighted by Crippen LogP contribution is 2.44. The van der Waals surface area contributed by atoms with Crippen LogP contribution < -0.4 is 5.32 Å². The van der Waals surface area contributed by atoms with E-state index in [0.717, 1.165) is 29.0 Å². The summed E-state index contributed by atoms with van der Waals surface area (Å²) < 4.78 is 5.57. The van der Waals surface area contributed by atoms with Gasteiger partial charge in [-0.2, -0.15) is 0 Å². The van der Waals surface area contributed by atoms with E-state index in [1.54, 1.807) is 0 Å². The SMILES string of the molecule is CN(OCC(=O)O)C(=O)CC(CNC(=O)OCC1c2ccccc2-c2ccccc21)C1CC1. The minimum atomic E-state index is -1.15. The van der Waals surface area contributed by atoms with Crippen molar-refractivity contribution in [2.45, 2.75) is 25.2 Å². The Bertz CT molecular complexity index is 990. The molecule has 2 aliphatic rings. The molecule has 33 heavy (non-hydrogen) atoms. The molecule has 4 rings (SSSR count). The summed E-state index contributed by atoms with van der Waals surface area (Å²) in [5.41, 5.74) is 4.64. The van der Waals surface area contributed by atoms with Crippen molar-refractivity contribution < 1.29 is 29.1 Å². The number of hydroxylamine groups is 2. The number of rotatable bonds is 10.